The van der Waals surface area contributed by atoms with Crippen molar-refractivity contribution >= 4 is 52.0 Å². The second-order valence-corrected chi connectivity index (χ2v) is 20.5. The Labute approximate surface area is 409 Å². The van der Waals surface area contributed by atoms with Gasteiger partial charge < -0.3 is 35.0 Å². The number of carbonyl (C=O) groups excluding carboxylic acids is 4. The number of ether oxygens (including phenoxy) is 1. The minimum atomic E-state index is -0.745. The molecule has 71 heavy (non-hydrogen) atoms. The van der Waals surface area contributed by atoms with Crippen LogP contribution in [-0.2, 0) is 24.7 Å². The van der Waals surface area contributed by atoms with Crippen molar-refractivity contribution in [1.29, 1.82) is 0 Å². The molecule has 20 nitrogen and oxygen atoms in total. The van der Waals surface area contributed by atoms with Crippen molar-refractivity contribution in [3.63, 3.8) is 0 Å². The van der Waals surface area contributed by atoms with Gasteiger partial charge in [0.1, 0.15) is 35.3 Å². The fourth-order valence-electron chi connectivity index (χ4n) is 10.5. The molecule has 4 amide bonds. The van der Waals surface area contributed by atoms with E-state index in [1.54, 1.807) is 14.7 Å². The Kier molecular flexibility index (Phi) is 13.1. The lowest BCUT2D eigenvalue weighted by molar-refractivity contribution is -0.136. The number of hydrogen-bond acceptors (Lipinski definition) is 16. The molecular weight excluding hydrogens is 919 g/mol. The molecule has 4 aliphatic heterocycles. The highest BCUT2D eigenvalue weighted by Crippen LogP contribution is 2.48. The summed E-state index contributed by atoms with van der Waals surface area (Å²) in [5, 5.41) is 15.2. The van der Waals surface area contributed by atoms with Gasteiger partial charge in [0, 0.05) is 88.8 Å². The van der Waals surface area contributed by atoms with E-state index in [2.05, 4.69) is 30.7 Å². The number of amides is 4. The van der Waals surface area contributed by atoms with E-state index in [9.17, 15) is 19.2 Å². The van der Waals surface area contributed by atoms with E-state index >= 15 is 8.78 Å². The Balaban J connectivity index is 0.676. The average Bonchev–Trinajstić information content (AvgIpc) is 3.96. The molecule has 1 atom stereocenters. The third-order valence-corrected chi connectivity index (χ3v) is 14.5. The summed E-state index contributed by atoms with van der Waals surface area (Å²) in [6.07, 6.45) is 8.12. The maximum atomic E-state index is 15.3. The normalized spacial score (nSPS) is 19.9. The van der Waals surface area contributed by atoms with E-state index in [4.69, 9.17) is 30.1 Å². The molecule has 5 fully saturated rings. The highest BCUT2D eigenvalue weighted by atomic mass is 19.1. The molecule has 0 spiro atoms. The van der Waals surface area contributed by atoms with Gasteiger partial charge in [-0.2, -0.15) is 5.10 Å². The first kappa shape index (κ1) is 47.8. The zero-order chi connectivity index (χ0) is 49.7. The van der Waals surface area contributed by atoms with Gasteiger partial charge in [-0.25, -0.2) is 38.2 Å². The number of nitrogens with one attached hydrogen (secondary N) is 2. The van der Waals surface area contributed by atoms with E-state index in [0.717, 1.165) is 49.2 Å². The number of carbonyl (C=O) groups is 4. The molecule has 376 valence electrons. The number of piperazine rings is 1. The SMILES string of the molecule is Cc1nc(-c2c(-c3nn(C(C)(C)C)c4ncnc(N)c34)noc2C2CC2)ncc1C1CCN(C(=O)OCC(=O)N2CCC(CN3CCN(c4c(F)cc(N[C@@H]5CCC(=O)NC5=O)cc4F)CC3)CC2)CC1. The number of nitrogen functional groups attached to an aromatic ring is 1. The van der Waals surface area contributed by atoms with E-state index < -0.39 is 35.2 Å². The number of nitrogens with zero attached hydrogens (tertiary/aromatic N) is 11. The van der Waals surface area contributed by atoms with E-state index in [1.165, 1.54) is 18.5 Å². The van der Waals surface area contributed by atoms with Gasteiger partial charge >= 0.3 is 6.09 Å². The molecular formula is C49H60F2N14O6. The van der Waals surface area contributed by atoms with Crippen LogP contribution in [0, 0.1) is 24.5 Å². The summed E-state index contributed by atoms with van der Waals surface area (Å²) in [6, 6.07) is 1.63. The third-order valence-electron chi connectivity index (χ3n) is 14.5. The summed E-state index contributed by atoms with van der Waals surface area (Å²) in [5.74, 6) is -0.342. The first-order chi connectivity index (χ1) is 34.1. The first-order valence-electron chi connectivity index (χ1n) is 24.7. The van der Waals surface area contributed by atoms with Crippen molar-refractivity contribution in [2.45, 2.75) is 102 Å². The van der Waals surface area contributed by atoms with Crippen LogP contribution in [0.5, 0.6) is 0 Å². The number of hydrogen-bond donors (Lipinski definition) is 3. The van der Waals surface area contributed by atoms with Gasteiger partial charge in [0.15, 0.2) is 35.5 Å². The standard InChI is InChI=1S/C49H60F2N14O6/c1-27-32(23-53-45(56-27)38-41(60-71-43(38)30-5-6-30)40-39-44(52)54-26-55-46(39)65(59-40)49(2,3)4)29-11-15-64(16-12-29)48(69)70-25-37(67)62-13-9-28(10-14-62)24-61-17-19-63(20-18-61)42-33(50)21-31(22-34(42)51)57-35-7-8-36(66)58-47(35)68/h21-23,26,28-30,35,57H,5-20,24-25H2,1-4H3,(H2,52,54,55)(H,58,66,68)/t35-/m1/s1. The van der Waals surface area contributed by atoms with Gasteiger partial charge in [0.25, 0.3) is 5.91 Å². The summed E-state index contributed by atoms with van der Waals surface area (Å²) in [5.41, 5.74) is 10.2. The number of anilines is 3. The molecule has 4 saturated heterocycles. The van der Waals surface area contributed by atoms with Crippen molar-refractivity contribution in [2.24, 2.45) is 5.92 Å². The number of rotatable bonds is 11. The number of piperidine rings is 3. The van der Waals surface area contributed by atoms with E-state index in [0.29, 0.717) is 111 Å². The van der Waals surface area contributed by atoms with Crippen molar-refractivity contribution in [2.75, 3.05) is 81.5 Å². The maximum Gasteiger partial charge on any atom is 0.410 e. The minimum Gasteiger partial charge on any atom is -0.439 e. The van der Waals surface area contributed by atoms with Crippen LogP contribution < -0.4 is 21.3 Å². The molecule has 1 aliphatic carbocycles. The average molecular weight is 979 g/mol. The van der Waals surface area contributed by atoms with Crippen LogP contribution in [0.3, 0.4) is 0 Å². The van der Waals surface area contributed by atoms with Crippen LogP contribution in [0.15, 0.2) is 29.2 Å². The van der Waals surface area contributed by atoms with Gasteiger partial charge in [-0.1, -0.05) is 5.16 Å². The fraction of sp³-hybridized carbons (Fsp3) is 0.551. The van der Waals surface area contributed by atoms with Crippen LogP contribution in [0.25, 0.3) is 33.8 Å². The quantitative estimate of drug-likeness (QED) is 0.142. The number of aromatic nitrogens is 7. The van der Waals surface area contributed by atoms with E-state index in [-0.39, 0.29) is 54.5 Å². The Morgan fingerprint density at radius 2 is 1.59 bits per heavy atom. The van der Waals surface area contributed by atoms with Gasteiger partial charge in [-0.05, 0) is 102 Å². The Bertz CT molecular complexity index is 2830. The van der Waals surface area contributed by atoms with Gasteiger partial charge in [0.2, 0.25) is 11.8 Å². The highest BCUT2D eigenvalue weighted by Gasteiger charge is 2.38. The lowest BCUT2D eigenvalue weighted by atomic mass is 9.89. The number of aryl methyl sites for hydroxylation is 1. The van der Waals surface area contributed by atoms with Crippen molar-refractivity contribution in [3.05, 3.63) is 53.3 Å². The molecule has 1 saturated carbocycles. The Hall–Kier alpha value is -6.84. The molecule has 5 aliphatic rings. The van der Waals surface area contributed by atoms with Crippen molar-refractivity contribution in [1.82, 2.24) is 54.9 Å². The second kappa shape index (κ2) is 19.4. The molecule has 0 bridgehead atoms. The summed E-state index contributed by atoms with van der Waals surface area (Å²) in [7, 11) is 0. The zero-order valence-corrected chi connectivity index (χ0v) is 40.5. The number of nitrogens with two attached hydrogens (primary N) is 1. The molecule has 0 radical (unpaired) electrons. The fourth-order valence-corrected chi connectivity index (χ4v) is 10.5. The monoisotopic (exact) mass is 978 g/mol. The van der Waals surface area contributed by atoms with Crippen LogP contribution >= 0.6 is 0 Å². The van der Waals surface area contributed by atoms with Crippen LogP contribution in [-0.4, -0.2) is 145 Å². The van der Waals surface area contributed by atoms with Crippen LogP contribution in [0.4, 0.5) is 30.8 Å². The van der Waals surface area contributed by atoms with Crippen molar-refractivity contribution in [3.8, 4) is 22.8 Å². The molecule has 4 N–H and O–H groups in total. The number of imide groups is 1. The number of fused-ring (bicyclic) bond motifs is 1. The topological polar surface area (TPSA) is 236 Å². The summed E-state index contributed by atoms with van der Waals surface area (Å²) in [4.78, 5) is 76.1. The van der Waals surface area contributed by atoms with Crippen molar-refractivity contribution < 1.29 is 37.2 Å². The Morgan fingerprint density at radius 1 is 0.887 bits per heavy atom. The molecule has 10 rings (SSSR count). The number of benzene rings is 1. The number of halogens is 2. The minimum absolute atomic E-state index is 0.0939. The smallest absolute Gasteiger partial charge is 0.410 e. The highest BCUT2D eigenvalue weighted by molar-refractivity contribution is 6.02. The molecule has 0 unspecified atom stereocenters. The predicted molar refractivity (Wildman–Crippen MR) is 257 cm³/mol. The first-order valence-corrected chi connectivity index (χ1v) is 24.7. The second-order valence-electron chi connectivity index (χ2n) is 20.5. The zero-order valence-electron chi connectivity index (χ0n) is 40.5. The largest absolute Gasteiger partial charge is 0.439 e. The lowest BCUT2D eigenvalue weighted by Gasteiger charge is -2.39. The molecule has 5 aromatic rings. The molecule has 4 aromatic heterocycles. The summed E-state index contributed by atoms with van der Waals surface area (Å²) < 4.78 is 43.9. The molecule has 8 heterocycles. The van der Waals surface area contributed by atoms with Gasteiger partial charge in [-0.3, -0.25) is 24.6 Å². The van der Waals surface area contributed by atoms with Gasteiger partial charge in [0.05, 0.1) is 16.5 Å². The van der Waals surface area contributed by atoms with Crippen LogP contribution in [0.2, 0.25) is 0 Å². The molecule has 1 aromatic carbocycles. The van der Waals surface area contributed by atoms with E-state index in [1.807, 2.05) is 38.6 Å². The lowest BCUT2D eigenvalue weighted by Crippen LogP contribution is -2.50. The summed E-state index contributed by atoms with van der Waals surface area (Å²) >= 11 is 0. The third kappa shape index (κ3) is 9.94. The Morgan fingerprint density at radius 3 is 2.25 bits per heavy atom. The predicted octanol–water partition coefficient (Wildman–Crippen LogP) is 5.33. The number of likely N-dealkylation sites (tertiary alicyclic amines) is 2. The molecule has 22 heteroatoms. The van der Waals surface area contributed by atoms with Gasteiger partial charge in [-0.15, -0.1) is 0 Å². The summed E-state index contributed by atoms with van der Waals surface area (Å²) in [6.45, 7) is 12.8. The maximum absolute atomic E-state index is 15.3. The van der Waals surface area contributed by atoms with Crippen LogP contribution in [0.1, 0.15) is 101 Å².